The number of aliphatic hydroxyl groups excluding tert-OH is 1. The molecule has 0 aliphatic carbocycles. The number of rotatable bonds is 4. The molecule has 2 aromatic rings. The molecule has 4 nitrogen and oxygen atoms in total. The van der Waals surface area contributed by atoms with Crippen molar-refractivity contribution in [1.82, 2.24) is 9.78 Å². The van der Waals surface area contributed by atoms with Crippen molar-refractivity contribution in [2.24, 2.45) is 0 Å². The van der Waals surface area contributed by atoms with Crippen LogP contribution in [0.2, 0.25) is 0 Å². The Hall–Kier alpha value is -1.81. The Morgan fingerprint density at radius 1 is 1.28 bits per heavy atom. The lowest BCUT2D eigenvalue weighted by atomic mass is 10.2. The largest absolute Gasteiger partial charge is 0.475 e. The van der Waals surface area contributed by atoms with Gasteiger partial charge in [-0.2, -0.15) is 5.10 Å². The molecule has 4 heteroatoms. The normalized spacial score (nSPS) is 10.9. The Balaban J connectivity index is 2.53. The summed E-state index contributed by atoms with van der Waals surface area (Å²) >= 11 is 0. The van der Waals surface area contributed by atoms with Crippen LogP contribution in [-0.4, -0.2) is 21.0 Å². The Morgan fingerprint density at radius 2 is 1.94 bits per heavy atom. The molecule has 0 spiro atoms. The molecule has 1 heterocycles. The highest BCUT2D eigenvalue weighted by molar-refractivity contribution is 5.40. The first-order chi connectivity index (χ1) is 8.63. The fraction of sp³-hybridized carbons (Fsp3) is 0.357. The number of para-hydroxylation sites is 1. The second kappa shape index (κ2) is 5.23. The third kappa shape index (κ3) is 2.38. The van der Waals surface area contributed by atoms with E-state index in [2.05, 4.69) is 5.10 Å². The fourth-order valence-electron chi connectivity index (χ4n) is 1.81. The van der Waals surface area contributed by atoms with E-state index in [1.165, 1.54) is 0 Å². The van der Waals surface area contributed by atoms with Crippen LogP contribution >= 0.6 is 0 Å². The van der Waals surface area contributed by atoms with Gasteiger partial charge in [-0.3, -0.25) is 0 Å². The summed E-state index contributed by atoms with van der Waals surface area (Å²) in [4.78, 5) is 0. The van der Waals surface area contributed by atoms with Gasteiger partial charge in [0.25, 0.3) is 0 Å². The summed E-state index contributed by atoms with van der Waals surface area (Å²) in [5.74, 6) is 0.621. The Bertz CT molecular complexity index is 518. The van der Waals surface area contributed by atoms with Crippen molar-refractivity contribution < 1.29 is 9.84 Å². The van der Waals surface area contributed by atoms with E-state index < -0.39 is 0 Å². The number of hydrogen-bond acceptors (Lipinski definition) is 3. The molecule has 0 aliphatic heterocycles. The minimum Gasteiger partial charge on any atom is -0.475 e. The molecule has 0 saturated heterocycles. The molecule has 0 radical (unpaired) electrons. The number of hydrogen-bond donors (Lipinski definition) is 1. The number of benzene rings is 1. The SMILES string of the molecule is Cc1nn(-c2ccccc2)c(OC(C)C)c1CO. The van der Waals surface area contributed by atoms with Gasteiger partial charge >= 0.3 is 0 Å². The zero-order valence-electron chi connectivity index (χ0n) is 10.9. The second-order valence-corrected chi connectivity index (χ2v) is 4.44. The maximum absolute atomic E-state index is 9.44. The monoisotopic (exact) mass is 246 g/mol. The predicted molar refractivity (Wildman–Crippen MR) is 70.0 cm³/mol. The van der Waals surface area contributed by atoms with Crippen LogP contribution in [-0.2, 0) is 6.61 Å². The molecule has 0 amide bonds. The lowest BCUT2D eigenvalue weighted by Crippen LogP contribution is -2.11. The zero-order valence-corrected chi connectivity index (χ0v) is 10.9. The van der Waals surface area contributed by atoms with Gasteiger partial charge in [0.15, 0.2) is 0 Å². The van der Waals surface area contributed by atoms with Crippen molar-refractivity contribution >= 4 is 0 Å². The standard InChI is InChI=1S/C14H18N2O2/c1-10(2)18-14-13(9-17)11(3)15-16(14)12-7-5-4-6-8-12/h4-8,10,17H,9H2,1-3H3. The zero-order chi connectivity index (χ0) is 13.1. The number of aryl methyl sites for hydroxylation is 1. The molecule has 0 atom stereocenters. The maximum Gasteiger partial charge on any atom is 0.222 e. The minimum atomic E-state index is -0.0687. The molecule has 0 fully saturated rings. The van der Waals surface area contributed by atoms with E-state index in [1.807, 2.05) is 51.1 Å². The van der Waals surface area contributed by atoms with Crippen molar-refractivity contribution in [2.75, 3.05) is 0 Å². The van der Waals surface area contributed by atoms with Crippen molar-refractivity contribution in [3.05, 3.63) is 41.6 Å². The lowest BCUT2D eigenvalue weighted by molar-refractivity contribution is 0.212. The van der Waals surface area contributed by atoms with Crippen molar-refractivity contribution in [2.45, 2.75) is 33.5 Å². The van der Waals surface area contributed by atoms with Crippen LogP contribution in [0.1, 0.15) is 25.1 Å². The first-order valence-corrected chi connectivity index (χ1v) is 6.05. The van der Waals surface area contributed by atoms with Gasteiger partial charge in [-0.1, -0.05) is 18.2 Å². The second-order valence-electron chi connectivity index (χ2n) is 4.44. The van der Waals surface area contributed by atoms with E-state index >= 15 is 0 Å². The summed E-state index contributed by atoms with van der Waals surface area (Å²) in [6.07, 6.45) is 0.0360. The van der Waals surface area contributed by atoms with Gasteiger partial charge in [-0.25, -0.2) is 4.68 Å². The van der Waals surface area contributed by atoms with Crippen molar-refractivity contribution in [3.63, 3.8) is 0 Å². The lowest BCUT2D eigenvalue weighted by Gasteiger charge is -2.13. The van der Waals surface area contributed by atoms with Crippen LogP contribution < -0.4 is 4.74 Å². The van der Waals surface area contributed by atoms with Crippen LogP contribution in [0.15, 0.2) is 30.3 Å². The van der Waals surface area contributed by atoms with E-state index in [9.17, 15) is 5.11 Å². The third-order valence-corrected chi connectivity index (χ3v) is 2.64. The third-order valence-electron chi connectivity index (χ3n) is 2.64. The summed E-state index contributed by atoms with van der Waals surface area (Å²) in [7, 11) is 0. The molecular formula is C14H18N2O2. The molecule has 0 bridgehead atoms. The molecule has 0 aliphatic rings. The number of aromatic nitrogens is 2. The van der Waals surface area contributed by atoms with Gasteiger partial charge in [0.1, 0.15) is 0 Å². The van der Waals surface area contributed by atoms with E-state index in [-0.39, 0.29) is 12.7 Å². The van der Waals surface area contributed by atoms with E-state index in [0.29, 0.717) is 5.88 Å². The van der Waals surface area contributed by atoms with Gasteiger partial charge in [-0.05, 0) is 32.9 Å². The van der Waals surface area contributed by atoms with Crippen LogP contribution in [0, 0.1) is 6.92 Å². The van der Waals surface area contributed by atoms with Gasteiger partial charge in [-0.15, -0.1) is 0 Å². The van der Waals surface area contributed by atoms with Crippen molar-refractivity contribution in [3.8, 4) is 11.6 Å². The van der Waals surface area contributed by atoms with Crippen LogP contribution in [0.25, 0.3) is 5.69 Å². The molecule has 0 unspecified atom stereocenters. The van der Waals surface area contributed by atoms with E-state index in [4.69, 9.17) is 4.74 Å². The molecule has 96 valence electrons. The average Bonchev–Trinajstić information content (AvgIpc) is 2.66. The summed E-state index contributed by atoms with van der Waals surface area (Å²) in [6, 6.07) is 9.77. The minimum absolute atomic E-state index is 0.0360. The smallest absolute Gasteiger partial charge is 0.222 e. The van der Waals surface area contributed by atoms with Gasteiger partial charge in [0, 0.05) is 0 Å². The van der Waals surface area contributed by atoms with E-state index in [1.54, 1.807) is 4.68 Å². The van der Waals surface area contributed by atoms with E-state index in [0.717, 1.165) is 16.9 Å². The Labute approximate surface area is 107 Å². The van der Waals surface area contributed by atoms with Crippen molar-refractivity contribution in [1.29, 1.82) is 0 Å². The number of aliphatic hydroxyl groups is 1. The molecule has 2 rings (SSSR count). The van der Waals surface area contributed by atoms with Gasteiger partial charge in [0.05, 0.1) is 29.7 Å². The summed E-state index contributed by atoms with van der Waals surface area (Å²) < 4.78 is 7.52. The summed E-state index contributed by atoms with van der Waals surface area (Å²) in [5, 5.41) is 13.9. The maximum atomic E-state index is 9.44. The quantitative estimate of drug-likeness (QED) is 0.901. The molecular weight excluding hydrogens is 228 g/mol. The number of ether oxygens (including phenoxy) is 1. The molecule has 1 aromatic heterocycles. The highest BCUT2D eigenvalue weighted by Gasteiger charge is 2.18. The number of nitrogens with zero attached hydrogens (tertiary/aromatic N) is 2. The average molecular weight is 246 g/mol. The molecule has 1 N–H and O–H groups in total. The summed E-state index contributed by atoms with van der Waals surface area (Å²) in [5.41, 5.74) is 2.46. The van der Waals surface area contributed by atoms with Gasteiger partial charge in [0.2, 0.25) is 5.88 Å². The molecule has 0 saturated carbocycles. The topological polar surface area (TPSA) is 47.3 Å². The first kappa shape index (κ1) is 12.6. The fourth-order valence-corrected chi connectivity index (χ4v) is 1.81. The summed E-state index contributed by atoms with van der Waals surface area (Å²) in [6.45, 7) is 5.72. The Morgan fingerprint density at radius 3 is 2.50 bits per heavy atom. The van der Waals surface area contributed by atoms with Crippen LogP contribution in [0.3, 0.4) is 0 Å². The molecule has 1 aromatic carbocycles. The predicted octanol–water partition coefficient (Wildman–Crippen LogP) is 2.46. The van der Waals surface area contributed by atoms with Crippen LogP contribution in [0.5, 0.6) is 5.88 Å². The van der Waals surface area contributed by atoms with Crippen LogP contribution in [0.4, 0.5) is 0 Å². The Kier molecular flexibility index (Phi) is 3.67. The highest BCUT2D eigenvalue weighted by atomic mass is 16.5. The van der Waals surface area contributed by atoms with Gasteiger partial charge < -0.3 is 9.84 Å². The highest BCUT2D eigenvalue weighted by Crippen LogP contribution is 2.26. The first-order valence-electron chi connectivity index (χ1n) is 6.05. The molecule has 18 heavy (non-hydrogen) atoms.